The number of nitrogens with one attached hydrogen (secondary N) is 2. The minimum atomic E-state index is -1.21. The van der Waals surface area contributed by atoms with Crippen LogP contribution in [-0.2, 0) is 9.59 Å². The van der Waals surface area contributed by atoms with Crippen molar-refractivity contribution in [2.75, 3.05) is 5.32 Å². The summed E-state index contributed by atoms with van der Waals surface area (Å²) in [5.41, 5.74) is 0.629. The second-order valence-electron chi connectivity index (χ2n) is 5.14. The molecule has 0 saturated heterocycles. The Hall–Kier alpha value is -2.83. The Morgan fingerprint density at radius 1 is 1.00 bits per heavy atom. The van der Waals surface area contributed by atoms with Gasteiger partial charge in [-0.05, 0) is 24.3 Å². The topological polar surface area (TPSA) is 95.5 Å². The Balaban J connectivity index is 2.09. The second-order valence-corrected chi connectivity index (χ2v) is 5.95. The van der Waals surface area contributed by atoms with Gasteiger partial charge in [0.25, 0.3) is 11.8 Å². The number of carbonyl (C=O) groups is 3. The molecule has 0 aromatic heterocycles. The van der Waals surface area contributed by atoms with Crippen LogP contribution in [0.5, 0.6) is 0 Å². The molecule has 25 heavy (non-hydrogen) atoms. The van der Waals surface area contributed by atoms with Crippen molar-refractivity contribution in [1.29, 1.82) is 0 Å². The lowest BCUT2D eigenvalue weighted by molar-refractivity contribution is -0.123. The molecular formula is C17H10Cl2N2O4. The van der Waals surface area contributed by atoms with Gasteiger partial charge in [-0.1, -0.05) is 41.4 Å². The number of imide groups is 1. The summed E-state index contributed by atoms with van der Waals surface area (Å²) in [6, 6.07) is 10.8. The van der Waals surface area contributed by atoms with E-state index in [1.54, 1.807) is 24.3 Å². The number of aromatic carboxylic acids is 1. The lowest BCUT2D eigenvalue weighted by Gasteiger charge is -2.10. The van der Waals surface area contributed by atoms with E-state index in [0.717, 1.165) is 0 Å². The molecule has 0 radical (unpaired) electrons. The minimum absolute atomic E-state index is 0.0169. The molecule has 0 unspecified atom stereocenters. The Morgan fingerprint density at radius 2 is 1.72 bits per heavy atom. The molecule has 2 amide bonds. The monoisotopic (exact) mass is 376 g/mol. The molecular weight excluding hydrogens is 367 g/mol. The molecule has 3 N–H and O–H groups in total. The van der Waals surface area contributed by atoms with Crippen LogP contribution < -0.4 is 10.6 Å². The maximum Gasteiger partial charge on any atom is 0.337 e. The van der Waals surface area contributed by atoms with E-state index in [1.165, 1.54) is 18.2 Å². The molecule has 3 rings (SSSR count). The zero-order valence-corrected chi connectivity index (χ0v) is 14.0. The lowest BCUT2D eigenvalue weighted by Crippen LogP contribution is -2.24. The van der Waals surface area contributed by atoms with Crippen LogP contribution >= 0.6 is 23.2 Å². The Kier molecular flexibility index (Phi) is 4.48. The molecule has 2 aromatic rings. The maximum atomic E-state index is 12.2. The fourth-order valence-electron chi connectivity index (χ4n) is 2.41. The summed E-state index contributed by atoms with van der Waals surface area (Å²) in [5, 5.41) is 14.5. The van der Waals surface area contributed by atoms with Crippen molar-refractivity contribution < 1.29 is 19.5 Å². The number of hydrogen-bond acceptors (Lipinski definition) is 4. The first-order valence-electron chi connectivity index (χ1n) is 7.03. The fourth-order valence-corrected chi connectivity index (χ4v) is 2.84. The van der Waals surface area contributed by atoms with Gasteiger partial charge in [-0.2, -0.15) is 0 Å². The van der Waals surface area contributed by atoms with Gasteiger partial charge in [-0.3, -0.25) is 14.9 Å². The standard InChI is InChI=1S/C17H10Cl2N2O4/c18-11-4-2-1-3-9(11)13-14(16(23)21-15(13)22)20-8-5-6-12(19)10(7-8)17(24)25/h1-7H,(H,24,25)(H2,20,21,22,23). The molecule has 0 fully saturated rings. The van der Waals surface area contributed by atoms with Gasteiger partial charge in [0.1, 0.15) is 5.70 Å². The molecule has 0 spiro atoms. The molecule has 126 valence electrons. The van der Waals surface area contributed by atoms with Crippen LogP contribution in [0.25, 0.3) is 5.57 Å². The number of benzene rings is 2. The summed E-state index contributed by atoms with van der Waals surface area (Å²) >= 11 is 12.0. The molecule has 1 heterocycles. The van der Waals surface area contributed by atoms with E-state index in [2.05, 4.69) is 10.6 Å². The van der Waals surface area contributed by atoms with Crippen LogP contribution in [0.2, 0.25) is 10.0 Å². The number of halogens is 2. The van der Waals surface area contributed by atoms with Crippen molar-refractivity contribution in [2.45, 2.75) is 0 Å². The third kappa shape index (κ3) is 3.22. The van der Waals surface area contributed by atoms with E-state index in [-0.39, 0.29) is 21.9 Å². The van der Waals surface area contributed by atoms with Gasteiger partial charge in [0.2, 0.25) is 0 Å². The van der Waals surface area contributed by atoms with Crippen LogP contribution in [0.1, 0.15) is 15.9 Å². The van der Waals surface area contributed by atoms with Gasteiger partial charge in [-0.25, -0.2) is 4.79 Å². The zero-order chi connectivity index (χ0) is 18.1. The summed E-state index contributed by atoms with van der Waals surface area (Å²) < 4.78 is 0. The Bertz CT molecular complexity index is 953. The van der Waals surface area contributed by atoms with E-state index in [1.807, 2.05) is 0 Å². The molecule has 6 nitrogen and oxygen atoms in total. The Labute approximate surface area is 152 Å². The zero-order valence-electron chi connectivity index (χ0n) is 12.5. The molecule has 0 aliphatic carbocycles. The highest BCUT2D eigenvalue weighted by atomic mass is 35.5. The number of carboxylic acid groups (broad SMARTS) is 1. The highest BCUT2D eigenvalue weighted by Gasteiger charge is 2.32. The van der Waals surface area contributed by atoms with E-state index >= 15 is 0 Å². The van der Waals surface area contributed by atoms with Crippen molar-refractivity contribution in [3.63, 3.8) is 0 Å². The molecule has 1 aliphatic heterocycles. The summed E-state index contributed by atoms with van der Waals surface area (Å²) in [5.74, 6) is -2.43. The molecule has 0 saturated carbocycles. The molecule has 2 aromatic carbocycles. The van der Waals surface area contributed by atoms with E-state index in [9.17, 15) is 14.4 Å². The van der Waals surface area contributed by atoms with Gasteiger partial charge < -0.3 is 10.4 Å². The van der Waals surface area contributed by atoms with Gasteiger partial charge >= 0.3 is 5.97 Å². The SMILES string of the molecule is O=C1NC(=O)C(c2ccccc2Cl)=C1Nc1ccc(Cl)c(C(=O)O)c1. The van der Waals surface area contributed by atoms with Crippen molar-refractivity contribution in [2.24, 2.45) is 0 Å². The first-order chi connectivity index (χ1) is 11.9. The predicted molar refractivity (Wildman–Crippen MR) is 93.6 cm³/mol. The quantitative estimate of drug-likeness (QED) is 0.712. The van der Waals surface area contributed by atoms with E-state index in [0.29, 0.717) is 16.3 Å². The summed E-state index contributed by atoms with van der Waals surface area (Å²) in [6.45, 7) is 0. The third-order valence-electron chi connectivity index (χ3n) is 3.54. The average molecular weight is 377 g/mol. The van der Waals surface area contributed by atoms with Crippen molar-refractivity contribution >= 4 is 52.2 Å². The molecule has 8 heteroatoms. The number of carbonyl (C=O) groups excluding carboxylic acids is 2. The fraction of sp³-hybridized carbons (Fsp3) is 0. The highest BCUT2D eigenvalue weighted by Crippen LogP contribution is 2.31. The van der Waals surface area contributed by atoms with Crippen LogP contribution in [-0.4, -0.2) is 22.9 Å². The van der Waals surface area contributed by atoms with Crippen molar-refractivity contribution in [3.05, 3.63) is 69.3 Å². The summed E-state index contributed by atoms with van der Waals surface area (Å²) in [4.78, 5) is 35.5. The summed E-state index contributed by atoms with van der Waals surface area (Å²) in [6.07, 6.45) is 0. The number of anilines is 1. The largest absolute Gasteiger partial charge is 0.478 e. The van der Waals surface area contributed by atoms with Gasteiger partial charge in [-0.15, -0.1) is 0 Å². The number of carboxylic acids is 1. The second kappa shape index (κ2) is 6.58. The van der Waals surface area contributed by atoms with Crippen LogP contribution in [0.3, 0.4) is 0 Å². The molecule has 0 atom stereocenters. The van der Waals surface area contributed by atoms with Gasteiger partial charge in [0, 0.05) is 16.3 Å². The molecule has 0 bridgehead atoms. The smallest absolute Gasteiger partial charge is 0.337 e. The van der Waals surface area contributed by atoms with Crippen LogP contribution in [0.15, 0.2) is 48.2 Å². The van der Waals surface area contributed by atoms with E-state index in [4.69, 9.17) is 28.3 Å². The van der Waals surface area contributed by atoms with Gasteiger partial charge in [0.15, 0.2) is 0 Å². The summed E-state index contributed by atoms with van der Waals surface area (Å²) in [7, 11) is 0. The number of amides is 2. The third-order valence-corrected chi connectivity index (χ3v) is 4.20. The minimum Gasteiger partial charge on any atom is -0.478 e. The average Bonchev–Trinajstić information content (AvgIpc) is 2.83. The Morgan fingerprint density at radius 3 is 2.40 bits per heavy atom. The van der Waals surface area contributed by atoms with Crippen molar-refractivity contribution in [3.8, 4) is 0 Å². The normalized spacial score (nSPS) is 13.8. The van der Waals surface area contributed by atoms with Crippen LogP contribution in [0, 0.1) is 0 Å². The lowest BCUT2D eigenvalue weighted by atomic mass is 10.0. The number of rotatable bonds is 4. The number of hydrogen-bond donors (Lipinski definition) is 3. The first kappa shape index (κ1) is 17.0. The van der Waals surface area contributed by atoms with E-state index < -0.39 is 17.8 Å². The highest BCUT2D eigenvalue weighted by molar-refractivity contribution is 6.41. The van der Waals surface area contributed by atoms with Crippen LogP contribution in [0.4, 0.5) is 5.69 Å². The molecule has 1 aliphatic rings. The van der Waals surface area contributed by atoms with Gasteiger partial charge in [0.05, 0.1) is 16.2 Å². The first-order valence-corrected chi connectivity index (χ1v) is 7.79. The van der Waals surface area contributed by atoms with Crippen molar-refractivity contribution in [1.82, 2.24) is 5.32 Å². The predicted octanol–water partition coefficient (Wildman–Crippen LogP) is 3.17. The maximum absolute atomic E-state index is 12.2.